The zero-order valence-corrected chi connectivity index (χ0v) is 10.7. The van der Waals surface area contributed by atoms with Crippen LogP contribution in [0.1, 0.15) is 5.76 Å². The van der Waals surface area contributed by atoms with Crippen LogP contribution in [0.2, 0.25) is 0 Å². The quantitative estimate of drug-likeness (QED) is 0.812. The van der Waals surface area contributed by atoms with Crippen molar-refractivity contribution in [3.8, 4) is 0 Å². The Hall–Kier alpha value is -1.11. The Morgan fingerprint density at radius 3 is 2.88 bits per heavy atom. The van der Waals surface area contributed by atoms with Crippen molar-refractivity contribution < 1.29 is 9.32 Å². The van der Waals surface area contributed by atoms with Crippen molar-refractivity contribution >= 4 is 24.1 Å². The second-order valence-electron chi connectivity index (χ2n) is 4.10. The highest BCUT2D eigenvalue weighted by Crippen LogP contribution is 2.07. The molecule has 17 heavy (non-hydrogen) atoms. The number of hydrogen-bond donors (Lipinski definition) is 2. The average molecular weight is 261 g/mol. The van der Waals surface area contributed by atoms with E-state index in [0.717, 1.165) is 13.1 Å². The summed E-state index contributed by atoms with van der Waals surface area (Å²) in [4.78, 5) is 13.6. The highest BCUT2D eigenvalue weighted by Gasteiger charge is 2.23. The minimum absolute atomic E-state index is 0. The maximum atomic E-state index is 11.6. The average Bonchev–Trinajstić information content (AvgIpc) is 2.47. The van der Waals surface area contributed by atoms with Crippen molar-refractivity contribution in [2.75, 3.05) is 32.0 Å². The number of anilines is 1. The maximum Gasteiger partial charge on any atom is 0.239 e. The van der Waals surface area contributed by atoms with Crippen LogP contribution in [-0.2, 0) is 4.79 Å². The Kier molecular flexibility index (Phi) is 4.92. The van der Waals surface area contributed by atoms with Crippen molar-refractivity contribution in [2.45, 2.75) is 13.0 Å². The van der Waals surface area contributed by atoms with Crippen LogP contribution in [0.4, 0.5) is 5.82 Å². The summed E-state index contributed by atoms with van der Waals surface area (Å²) in [5, 5.41) is 9.56. The molecule has 1 aromatic heterocycles. The van der Waals surface area contributed by atoms with Gasteiger partial charge in [-0.25, -0.2) is 0 Å². The number of aromatic nitrogens is 1. The van der Waals surface area contributed by atoms with E-state index in [1.807, 2.05) is 11.9 Å². The lowest BCUT2D eigenvalue weighted by molar-refractivity contribution is -0.117. The number of hydrogen-bond acceptors (Lipinski definition) is 5. The first-order valence-electron chi connectivity index (χ1n) is 5.29. The highest BCUT2D eigenvalue weighted by molar-refractivity contribution is 5.91. The van der Waals surface area contributed by atoms with Crippen LogP contribution in [0.3, 0.4) is 0 Å². The van der Waals surface area contributed by atoms with Gasteiger partial charge >= 0.3 is 0 Å². The standard InChI is InChI=1S/C10H16N4O2.ClH/c1-7-3-9(13-16-7)12-10(15)6-14(2)8-4-11-5-8;/h3,8,11H,4-6H2,1-2H3,(H,12,13,15);1H. The van der Waals surface area contributed by atoms with E-state index in [1.54, 1.807) is 13.0 Å². The van der Waals surface area contributed by atoms with Gasteiger partial charge in [-0.05, 0) is 14.0 Å². The number of carbonyl (C=O) groups excluding carboxylic acids is 1. The predicted octanol–water partition coefficient (Wildman–Crippen LogP) is 0.247. The molecule has 2 rings (SSSR count). The van der Waals surface area contributed by atoms with Crippen LogP contribution in [-0.4, -0.2) is 48.7 Å². The summed E-state index contributed by atoms with van der Waals surface area (Å²) in [5.41, 5.74) is 0. The second kappa shape index (κ2) is 6.00. The van der Waals surface area contributed by atoms with Crippen LogP contribution in [0.15, 0.2) is 10.6 Å². The molecule has 0 aromatic carbocycles. The lowest BCUT2D eigenvalue weighted by Crippen LogP contribution is -2.57. The van der Waals surface area contributed by atoms with Crippen molar-refractivity contribution in [1.82, 2.24) is 15.4 Å². The van der Waals surface area contributed by atoms with E-state index >= 15 is 0 Å². The zero-order chi connectivity index (χ0) is 11.5. The molecule has 1 aliphatic rings. The zero-order valence-electron chi connectivity index (χ0n) is 9.90. The molecule has 1 saturated heterocycles. The molecule has 1 aliphatic heterocycles. The fourth-order valence-corrected chi connectivity index (χ4v) is 1.55. The first-order chi connectivity index (χ1) is 7.65. The number of aryl methyl sites for hydroxylation is 1. The molecule has 2 heterocycles. The molecule has 2 N–H and O–H groups in total. The molecule has 0 spiro atoms. The lowest BCUT2D eigenvalue weighted by atomic mass is 10.1. The summed E-state index contributed by atoms with van der Waals surface area (Å²) in [6, 6.07) is 2.16. The monoisotopic (exact) mass is 260 g/mol. The van der Waals surface area contributed by atoms with Crippen molar-refractivity contribution in [2.24, 2.45) is 0 Å². The minimum Gasteiger partial charge on any atom is -0.360 e. The summed E-state index contributed by atoms with van der Waals surface area (Å²) < 4.78 is 4.86. The van der Waals surface area contributed by atoms with Gasteiger partial charge < -0.3 is 15.2 Å². The Bertz CT molecular complexity index is 378. The fraction of sp³-hybridized carbons (Fsp3) is 0.600. The number of halogens is 1. The summed E-state index contributed by atoms with van der Waals surface area (Å²) in [6.45, 7) is 4.06. The van der Waals surface area contributed by atoms with Gasteiger partial charge in [0.25, 0.3) is 0 Å². The first-order valence-corrected chi connectivity index (χ1v) is 5.29. The molecule has 1 amide bonds. The van der Waals surface area contributed by atoms with Crippen LogP contribution >= 0.6 is 12.4 Å². The van der Waals surface area contributed by atoms with Crippen LogP contribution in [0.25, 0.3) is 0 Å². The van der Waals surface area contributed by atoms with Crippen molar-refractivity contribution in [3.63, 3.8) is 0 Å². The molecule has 0 saturated carbocycles. The minimum atomic E-state index is -0.0669. The molecule has 1 fully saturated rings. The Morgan fingerprint density at radius 2 is 2.41 bits per heavy atom. The van der Waals surface area contributed by atoms with Gasteiger partial charge in [-0.15, -0.1) is 12.4 Å². The van der Waals surface area contributed by atoms with Gasteiger partial charge in [0.1, 0.15) is 5.76 Å². The number of likely N-dealkylation sites (N-methyl/N-ethyl adjacent to an activating group) is 1. The predicted molar refractivity (Wildman–Crippen MR) is 66.4 cm³/mol. The van der Waals surface area contributed by atoms with Gasteiger partial charge in [0.05, 0.1) is 6.54 Å². The van der Waals surface area contributed by atoms with Gasteiger partial charge in [-0.1, -0.05) is 5.16 Å². The number of carbonyl (C=O) groups is 1. The SMILES string of the molecule is Cc1cc(NC(=O)CN(C)C2CNC2)no1.Cl. The third-order valence-corrected chi connectivity index (χ3v) is 2.67. The number of nitrogens with one attached hydrogen (secondary N) is 2. The van der Waals surface area contributed by atoms with Crippen molar-refractivity contribution in [1.29, 1.82) is 0 Å². The molecular formula is C10H17ClN4O2. The number of amides is 1. The van der Waals surface area contributed by atoms with Crippen LogP contribution < -0.4 is 10.6 Å². The Labute approximate surface area is 106 Å². The summed E-state index contributed by atoms with van der Waals surface area (Å²) in [5.74, 6) is 1.09. The smallest absolute Gasteiger partial charge is 0.239 e. The molecule has 0 aliphatic carbocycles. The van der Waals surface area contributed by atoms with E-state index in [9.17, 15) is 4.79 Å². The molecular weight excluding hydrogens is 244 g/mol. The third-order valence-electron chi connectivity index (χ3n) is 2.67. The van der Waals surface area contributed by atoms with E-state index in [4.69, 9.17) is 4.52 Å². The number of nitrogens with zero attached hydrogens (tertiary/aromatic N) is 2. The molecule has 0 bridgehead atoms. The maximum absolute atomic E-state index is 11.6. The van der Waals surface area contributed by atoms with E-state index < -0.39 is 0 Å². The molecule has 96 valence electrons. The molecule has 6 nitrogen and oxygen atoms in total. The van der Waals surface area contributed by atoms with E-state index in [-0.39, 0.29) is 18.3 Å². The second-order valence-corrected chi connectivity index (χ2v) is 4.10. The van der Waals surface area contributed by atoms with Crippen molar-refractivity contribution in [3.05, 3.63) is 11.8 Å². The fourth-order valence-electron chi connectivity index (χ4n) is 1.55. The summed E-state index contributed by atoms with van der Waals surface area (Å²) in [6.07, 6.45) is 0. The normalized spacial score (nSPS) is 15.2. The van der Waals surface area contributed by atoms with E-state index in [2.05, 4.69) is 15.8 Å². The van der Waals surface area contributed by atoms with E-state index in [1.165, 1.54) is 0 Å². The van der Waals surface area contributed by atoms with Gasteiger partial charge in [-0.2, -0.15) is 0 Å². The summed E-state index contributed by atoms with van der Waals surface area (Å²) in [7, 11) is 1.94. The Balaban J connectivity index is 0.00000144. The first kappa shape index (κ1) is 14.0. The van der Waals surface area contributed by atoms with Crippen LogP contribution in [0, 0.1) is 6.92 Å². The van der Waals surface area contributed by atoms with Gasteiger partial charge in [0.15, 0.2) is 5.82 Å². The van der Waals surface area contributed by atoms with E-state index in [0.29, 0.717) is 24.2 Å². The third kappa shape index (κ3) is 3.69. The molecule has 0 radical (unpaired) electrons. The van der Waals surface area contributed by atoms with Gasteiger partial charge in [-0.3, -0.25) is 9.69 Å². The molecule has 7 heteroatoms. The Morgan fingerprint density at radius 1 is 1.71 bits per heavy atom. The topological polar surface area (TPSA) is 70.4 Å². The highest BCUT2D eigenvalue weighted by atomic mass is 35.5. The largest absolute Gasteiger partial charge is 0.360 e. The molecule has 1 aromatic rings. The van der Waals surface area contributed by atoms with Gasteiger partial charge in [0.2, 0.25) is 5.91 Å². The summed E-state index contributed by atoms with van der Waals surface area (Å²) >= 11 is 0. The van der Waals surface area contributed by atoms with Crippen LogP contribution in [0.5, 0.6) is 0 Å². The number of rotatable bonds is 4. The van der Waals surface area contributed by atoms with Gasteiger partial charge in [0, 0.05) is 25.2 Å². The molecule has 0 unspecified atom stereocenters. The molecule has 0 atom stereocenters. The lowest BCUT2D eigenvalue weighted by Gasteiger charge is -2.35.